The first kappa shape index (κ1) is 13.7. The van der Waals surface area contributed by atoms with Crippen molar-refractivity contribution in [1.29, 1.82) is 0 Å². The molecule has 1 aliphatic heterocycles. The van der Waals surface area contributed by atoms with Gasteiger partial charge < -0.3 is 0 Å². The maximum absolute atomic E-state index is 11.8. The Balaban J connectivity index is 2.08. The maximum Gasteiger partial charge on any atom is 0.275 e. The van der Waals surface area contributed by atoms with Crippen molar-refractivity contribution in [1.82, 2.24) is 10.3 Å². The van der Waals surface area contributed by atoms with Gasteiger partial charge in [-0.05, 0) is 18.1 Å². The molecule has 1 saturated heterocycles. The van der Waals surface area contributed by atoms with Gasteiger partial charge in [-0.2, -0.15) is 0 Å². The zero-order chi connectivity index (χ0) is 14.0. The highest BCUT2D eigenvalue weighted by atomic mass is 32.1. The fraction of sp³-hybridized carbons (Fsp3) is 0.417. The average Bonchev–Trinajstić information content (AvgIpc) is 2.81. The molecule has 0 aliphatic carbocycles. The molecule has 3 amide bonds. The molecule has 0 radical (unpaired) electrons. The third-order valence-corrected chi connectivity index (χ3v) is 4.05. The summed E-state index contributed by atoms with van der Waals surface area (Å²) in [6, 6.07) is 3.36. The van der Waals surface area contributed by atoms with Crippen molar-refractivity contribution in [3.8, 4) is 0 Å². The van der Waals surface area contributed by atoms with Crippen molar-refractivity contribution in [3.05, 3.63) is 21.9 Å². The third kappa shape index (κ3) is 2.99. The van der Waals surface area contributed by atoms with Crippen LogP contribution in [0.5, 0.6) is 0 Å². The minimum atomic E-state index is -0.374. The van der Waals surface area contributed by atoms with Gasteiger partial charge >= 0.3 is 0 Å². The first-order valence-corrected chi connectivity index (χ1v) is 6.75. The van der Waals surface area contributed by atoms with E-state index < -0.39 is 0 Å². The largest absolute Gasteiger partial charge is 0.289 e. The minimum absolute atomic E-state index is 0.109. The molecule has 1 aromatic heterocycles. The highest BCUT2D eigenvalue weighted by Crippen LogP contribution is 2.23. The van der Waals surface area contributed by atoms with Gasteiger partial charge in [0.25, 0.3) is 5.91 Å². The predicted octanol–water partition coefficient (Wildman–Crippen LogP) is 0.637. The number of carbonyl (C=O) groups is 3. The lowest BCUT2D eigenvalue weighted by Gasteiger charge is -2.27. The van der Waals surface area contributed by atoms with Crippen LogP contribution in [-0.2, 0) is 16.1 Å². The third-order valence-electron chi connectivity index (χ3n) is 2.98. The summed E-state index contributed by atoms with van der Waals surface area (Å²) in [5.74, 6) is 4.48. The number of carbonyl (C=O) groups excluding carboxylic acids is 3. The Morgan fingerprint density at radius 2 is 2.05 bits per heavy atom. The van der Waals surface area contributed by atoms with Crippen LogP contribution in [0.15, 0.2) is 12.1 Å². The van der Waals surface area contributed by atoms with Gasteiger partial charge in [0, 0.05) is 17.7 Å². The van der Waals surface area contributed by atoms with Crippen molar-refractivity contribution in [2.24, 2.45) is 11.8 Å². The lowest BCUT2D eigenvalue weighted by molar-refractivity contribution is -0.150. The molecule has 19 heavy (non-hydrogen) atoms. The molecule has 2 rings (SSSR count). The monoisotopic (exact) mass is 281 g/mol. The number of hydrazine groups is 1. The van der Waals surface area contributed by atoms with Gasteiger partial charge in [-0.25, -0.2) is 5.84 Å². The van der Waals surface area contributed by atoms with Crippen molar-refractivity contribution >= 4 is 29.1 Å². The first-order valence-electron chi connectivity index (χ1n) is 5.94. The maximum atomic E-state index is 11.8. The SMILES string of the molecule is CC1CC(=O)N(Cc2ccc(C(=O)NN)s2)C(=O)C1. The van der Waals surface area contributed by atoms with Gasteiger partial charge in [-0.15, -0.1) is 11.3 Å². The van der Waals surface area contributed by atoms with E-state index in [4.69, 9.17) is 5.84 Å². The Morgan fingerprint density at radius 3 is 2.63 bits per heavy atom. The number of likely N-dealkylation sites (tertiary alicyclic amines) is 1. The standard InChI is InChI=1S/C12H15N3O3S/c1-7-4-10(16)15(11(17)5-7)6-8-2-3-9(19-8)12(18)14-13/h2-3,7H,4-6,13H2,1H3,(H,14,18). The van der Waals surface area contributed by atoms with Gasteiger partial charge in [0.1, 0.15) is 0 Å². The molecule has 1 aromatic rings. The quantitative estimate of drug-likeness (QED) is 0.368. The molecular formula is C12H15N3O3S. The summed E-state index contributed by atoms with van der Waals surface area (Å²) in [5.41, 5.74) is 2.05. The van der Waals surface area contributed by atoms with E-state index in [1.165, 1.54) is 16.2 Å². The van der Waals surface area contributed by atoms with Crippen LogP contribution in [0.25, 0.3) is 0 Å². The molecule has 0 unspecified atom stereocenters. The lowest BCUT2D eigenvalue weighted by Crippen LogP contribution is -2.41. The average molecular weight is 281 g/mol. The Morgan fingerprint density at radius 1 is 1.42 bits per heavy atom. The summed E-state index contributed by atoms with van der Waals surface area (Å²) < 4.78 is 0. The minimum Gasteiger partial charge on any atom is -0.289 e. The van der Waals surface area contributed by atoms with Gasteiger partial charge in [-0.1, -0.05) is 6.92 Å². The van der Waals surface area contributed by atoms with Crippen LogP contribution in [0, 0.1) is 5.92 Å². The molecule has 0 bridgehead atoms. The lowest BCUT2D eigenvalue weighted by atomic mass is 9.98. The van der Waals surface area contributed by atoms with Crippen LogP contribution in [0.1, 0.15) is 34.3 Å². The van der Waals surface area contributed by atoms with Crippen molar-refractivity contribution in [2.75, 3.05) is 0 Å². The number of nitrogens with two attached hydrogens (primary N) is 1. The number of rotatable bonds is 3. The summed E-state index contributed by atoms with van der Waals surface area (Å²) in [6.45, 7) is 2.12. The normalized spacial score (nSPS) is 16.8. The second-order valence-corrected chi connectivity index (χ2v) is 5.79. The van der Waals surface area contributed by atoms with Crippen molar-refractivity contribution in [3.63, 3.8) is 0 Å². The molecule has 0 spiro atoms. The van der Waals surface area contributed by atoms with Gasteiger partial charge in [0.2, 0.25) is 11.8 Å². The van der Waals surface area contributed by atoms with E-state index >= 15 is 0 Å². The highest BCUT2D eigenvalue weighted by molar-refractivity contribution is 7.14. The Labute approximate surface area is 114 Å². The van der Waals surface area contributed by atoms with Crippen LogP contribution in [0.3, 0.4) is 0 Å². The molecule has 102 valence electrons. The van der Waals surface area contributed by atoms with E-state index in [1.54, 1.807) is 12.1 Å². The molecule has 2 heterocycles. The van der Waals surface area contributed by atoms with E-state index in [-0.39, 0.29) is 30.2 Å². The molecule has 7 heteroatoms. The molecule has 1 aliphatic rings. The van der Waals surface area contributed by atoms with E-state index in [0.29, 0.717) is 17.7 Å². The van der Waals surface area contributed by atoms with E-state index in [9.17, 15) is 14.4 Å². The summed E-state index contributed by atoms with van der Waals surface area (Å²) in [6.07, 6.45) is 0.792. The predicted molar refractivity (Wildman–Crippen MR) is 69.9 cm³/mol. The number of imide groups is 1. The second kappa shape index (κ2) is 5.50. The van der Waals surface area contributed by atoms with Crippen molar-refractivity contribution in [2.45, 2.75) is 26.3 Å². The molecular weight excluding hydrogens is 266 g/mol. The van der Waals surface area contributed by atoms with Crippen LogP contribution < -0.4 is 11.3 Å². The zero-order valence-corrected chi connectivity index (χ0v) is 11.3. The van der Waals surface area contributed by atoms with E-state index in [1.807, 2.05) is 12.3 Å². The topological polar surface area (TPSA) is 92.5 Å². The number of amides is 3. The van der Waals surface area contributed by atoms with Gasteiger partial charge in [0.05, 0.1) is 11.4 Å². The number of hydrogen-bond donors (Lipinski definition) is 2. The molecule has 6 nitrogen and oxygen atoms in total. The number of hydrogen-bond acceptors (Lipinski definition) is 5. The van der Waals surface area contributed by atoms with Crippen LogP contribution in [0.2, 0.25) is 0 Å². The Kier molecular flexibility index (Phi) is 3.96. The summed E-state index contributed by atoms with van der Waals surface area (Å²) in [4.78, 5) is 37.5. The summed E-state index contributed by atoms with van der Waals surface area (Å²) >= 11 is 1.23. The van der Waals surface area contributed by atoms with Crippen molar-refractivity contribution < 1.29 is 14.4 Å². The fourth-order valence-corrected chi connectivity index (χ4v) is 2.92. The molecule has 0 atom stereocenters. The van der Waals surface area contributed by atoms with E-state index in [2.05, 4.69) is 0 Å². The zero-order valence-electron chi connectivity index (χ0n) is 10.5. The number of piperidine rings is 1. The molecule has 0 aromatic carbocycles. The highest BCUT2D eigenvalue weighted by Gasteiger charge is 2.30. The summed E-state index contributed by atoms with van der Waals surface area (Å²) in [7, 11) is 0. The number of nitrogens with zero attached hydrogens (tertiary/aromatic N) is 1. The smallest absolute Gasteiger partial charge is 0.275 e. The van der Waals surface area contributed by atoms with E-state index in [0.717, 1.165) is 4.88 Å². The molecule has 3 N–H and O–H groups in total. The Bertz CT molecular complexity index is 508. The summed E-state index contributed by atoms with van der Waals surface area (Å²) in [5, 5.41) is 0. The number of nitrogen functional groups attached to an aromatic ring is 1. The fourth-order valence-electron chi connectivity index (χ4n) is 2.02. The van der Waals surface area contributed by atoms with Crippen LogP contribution in [-0.4, -0.2) is 22.6 Å². The number of thiophene rings is 1. The van der Waals surface area contributed by atoms with Gasteiger partial charge in [0.15, 0.2) is 0 Å². The first-order chi connectivity index (χ1) is 9.01. The second-order valence-electron chi connectivity index (χ2n) is 4.63. The molecule has 1 fully saturated rings. The van der Waals surface area contributed by atoms with Crippen LogP contribution in [0.4, 0.5) is 0 Å². The Hall–Kier alpha value is -1.73. The van der Waals surface area contributed by atoms with Crippen LogP contribution >= 0.6 is 11.3 Å². The molecule has 0 saturated carbocycles. The number of nitrogens with one attached hydrogen (secondary N) is 1. The van der Waals surface area contributed by atoms with Gasteiger partial charge in [-0.3, -0.25) is 24.7 Å².